The summed E-state index contributed by atoms with van der Waals surface area (Å²) >= 11 is 0. The van der Waals surface area contributed by atoms with Crippen LogP contribution in [0.25, 0.3) is 0 Å². The standard InChI is InChI=1S/C21H36N6O.HI/c1-18(25-10-8-24(3)9-11-25)17-23-21(22-2)27-14-12-26(13-15-27)19-6-5-7-20(16-19)28-4;/h5-7,16,18H,8-15,17H2,1-4H3,(H,22,23);1H. The summed E-state index contributed by atoms with van der Waals surface area (Å²) in [5.74, 6) is 1.93. The Hall–Kier alpha value is -1.26. The summed E-state index contributed by atoms with van der Waals surface area (Å²) in [7, 11) is 5.81. The largest absolute Gasteiger partial charge is 0.497 e. The summed E-state index contributed by atoms with van der Waals surface area (Å²) in [5, 5.41) is 3.60. The predicted molar refractivity (Wildman–Crippen MR) is 132 cm³/mol. The Balaban J connectivity index is 0.00000300. The fraction of sp³-hybridized carbons (Fsp3) is 0.667. The van der Waals surface area contributed by atoms with Gasteiger partial charge in [-0.1, -0.05) is 6.07 Å². The van der Waals surface area contributed by atoms with Crippen molar-refractivity contribution in [1.29, 1.82) is 0 Å². The molecule has 2 saturated heterocycles. The number of guanidine groups is 1. The Morgan fingerprint density at radius 2 is 1.79 bits per heavy atom. The van der Waals surface area contributed by atoms with Crippen LogP contribution in [-0.4, -0.2) is 107 Å². The van der Waals surface area contributed by atoms with Gasteiger partial charge >= 0.3 is 0 Å². The quantitative estimate of drug-likeness (QED) is 0.365. The van der Waals surface area contributed by atoms with Gasteiger partial charge in [0, 0.05) is 83.7 Å². The molecule has 8 heteroatoms. The highest BCUT2D eigenvalue weighted by atomic mass is 127. The van der Waals surface area contributed by atoms with Crippen LogP contribution < -0.4 is 15.0 Å². The molecule has 0 radical (unpaired) electrons. The van der Waals surface area contributed by atoms with Gasteiger partial charge in [-0.15, -0.1) is 24.0 Å². The molecule has 2 heterocycles. The van der Waals surface area contributed by atoms with E-state index in [2.05, 4.69) is 62.1 Å². The zero-order valence-corrected chi connectivity index (χ0v) is 20.6. The molecule has 0 saturated carbocycles. The van der Waals surface area contributed by atoms with E-state index in [1.807, 2.05) is 13.1 Å². The molecule has 164 valence electrons. The van der Waals surface area contributed by atoms with Crippen LogP contribution in [0.4, 0.5) is 5.69 Å². The Labute approximate surface area is 193 Å². The van der Waals surface area contributed by atoms with Gasteiger partial charge in [0.1, 0.15) is 5.75 Å². The summed E-state index contributed by atoms with van der Waals surface area (Å²) in [6, 6.07) is 8.83. The van der Waals surface area contributed by atoms with Crippen molar-refractivity contribution in [1.82, 2.24) is 20.0 Å². The van der Waals surface area contributed by atoms with Crippen molar-refractivity contribution in [3.8, 4) is 5.75 Å². The lowest BCUT2D eigenvalue weighted by Gasteiger charge is -2.39. The van der Waals surface area contributed by atoms with Gasteiger partial charge in [0.2, 0.25) is 0 Å². The maximum absolute atomic E-state index is 5.36. The number of hydrogen-bond acceptors (Lipinski definition) is 5. The van der Waals surface area contributed by atoms with E-state index in [1.165, 1.54) is 5.69 Å². The Morgan fingerprint density at radius 1 is 1.10 bits per heavy atom. The average molecular weight is 516 g/mol. The van der Waals surface area contributed by atoms with E-state index in [0.29, 0.717) is 6.04 Å². The van der Waals surface area contributed by atoms with E-state index >= 15 is 0 Å². The van der Waals surface area contributed by atoms with Crippen molar-refractivity contribution in [2.45, 2.75) is 13.0 Å². The maximum atomic E-state index is 5.36. The number of hydrogen-bond donors (Lipinski definition) is 1. The van der Waals surface area contributed by atoms with Crippen LogP contribution in [0.3, 0.4) is 0 Å². The Morgan fingerprint density at radius 3 is 2.41 bits per heavy atom. The number of nitrogens with one attached hydrogen (secondary N) is 1. The molecule has 0 aliphatic carbocycles. The molecule has 7 nitrogen and oxygen atoms in total. The van der Waals surface area contributed by atoms with Gasteiger partial charge in [-0.3, -0.25) is 9.89 Å². The summed E-state index contributed by atoms with van der Waals surface area (Å²) in [5.41, 5.74) is 1.23. The van der Waals surface area contributed by atoms with Crippen LogP contribution in [0.2, 0.25) is 0 Å². The number of nitrogens with zero attached hydrogens (tertiary/aromatic N) is 5. The van der Waals surface area contributed by atoms with E-state index in [1.54, 1.807) is 7.11 Å². The first-order chi connectivity index (χ1) is 13.6. The molecule has 29 heavy (non-hydrogen) atoms. The van der Waals surface area contributed by atoms with Crippen LogP contribution >= 0.6 is 24.0 Å². The van der Waals surface area contributed by atoms with Crippen LogP contribution in [0.1, 0.15) is 6.92 Å². The van der Waals surface area contributed by atoms with Crippen LogP contribution in [0.5, 0.6) is 5.75 Å². The average Bonchev–Trinajstić information content (AvgIpc) is 2.75. The Bertz CT molecular complexity index is 642. The zero-order chi connectivity index (χ0) is 19.9. The minimum absolute atomic E-state index is 0. The van der Waals surface area contributed by atoms with E-state index in [-0.39, 0.29) is 24.0 Å². The monoisotopic (exact) mass is 516 g/mol. The smallest absolute Gasteiger partial charge is 0.193 e. The molecule has 1 unspecified atom stereocenters. The second-order valence-corrected chi connectivity index (χ2v) is 7.79. The molecule has 2 fully saturated rings. The number of likely N-dealkylation sites (N-methyl/N-ethyl adjacent to an activating group) is 1. The predicted octanol–water partition coefficient (Wildman–Crippen LogP) is 1.65. The van der Waals surface area contributed by atoms with Crippen molar-refractivity contribution in [2.24, 2.45) is 4.99 Å². The van der Waals surface area contributed by atoms with Crippen LogP contribution in [0.15, 0.2) is 29.3 Å². The highest BCUT2D eigenvalue weighted by molar-refractivity contribution is 14.0. The first-order valence-corrected chi connectivity index (χ1v) is 10.4. The van der Waals surface area contributed by atoms with Crippen molar-refractivity contribution in [3.05, 3.63) is 24.3 Å². The number of piperazine rings is 2. The lowest BCUT2D eigenvalue weighted by molar-refractivity contribution is 0.119. The van der Waals surface area contributed by atoms with Crippen LogP contribution in [0, 0.1) is 0 Å². The third-order valence-electron chi connectivity index (χ3n) is 5.93. The van der Waals surface area contributed by atoms with Crippen molar-refractivity contribution < 1.29 is 4.74 Å². The SMILES string of the molecule is CN=C(NCC(C)N1CCN(C)CC1)N1CCN(c2cccc(OC)c2)CC1.I. The summed E-state index contributed by atoms with van der Waals surface area (Å²) in [4.78, 5) is 14.3. The number of methoxy groups -OCH3 is 1. The van der Waals surface area contributed by atoms with E-state index in [9.17, 15) is 0 Å². The van der Waals surface area contributed by atoms with Gasteiger partial charge in [0.15, 0.2) is 5.96 Å². The second-order valence-electron chi connectivity index (χ2n) is 7.79. The molecule has 0 spiro atoms. The fourth-order valence-corrected chi connectivity index (χ4v) is 3.95. The Kier molecular flexibility index (Phi) is 9.78. The number of benzene rings is 1. The molecule has 2 aliphatic rings. The number of rotatable bonds is 5. The first-order valence-electron chi connectivity index (χ1n) is 10.4. The van der Waals surface area contributed by atoms with Gasteiger partial charge in [0.05, 0.1) is 7.11 Å². The molecule has 0 amide bonds. The van der Waals surface area contributed by atoms with E-state index < -0.39 is 0 Å². The lowest BCUT2D eigenvalue weighted by atomic mass is 10.2. The van der Waals surface area contributed by atoms with Crippen LogP contribution in [-0.2, 0) is 0 Å². The molecule has 0 bridgehead atoms. The molecular formula is C21H37IN6O. The van der Waals surface area contributed by atoms with Gasteiger partial charge in [0.25, 0.3) is 0 Å². The molecule has 2 aliphatic heterocycles. The first kappa shape index (κ1) is 24.0. The summed E-state index contributed by atoms with van der Waals surface area (Å²) < 4.78 is 5.36. The fourth-order valence-electron chi connectivity index (χ4n) is 3.95. The molecule has 1 atom stereocenters. The second kappa shape index (κ2) is 11.8. The molecular weight excluding hydrogens is 479 g/mol. The van der Waals surface area contributed by atoms with E-state index in [4.69, 9.17) is 4.74 Å². The maximum Gasteiger partial charge on any atom is 0.193 e. The normalized spacial score (nSPS) is 20.2. The van der Waals surface area contributed by atoms with Gasteiger partial charge in [-0.25, -0.2) is 0 Å². The van der Waals surface area contributed by atoms with Gasteiger partial charge in [-0.05, 0) is 26.1 Å². The molecule has 1 aromatic carbocycles. The number of halogens is 1. The molecule has 1 aromatic rings. The minimum Gasteiger partial charge on any atom is -0.497 e. The summed E-state index contributed by atoms with van der Waals surface area (Å²) in [6.07, 6.45) is 0. The van der Waals surface area contributed by atoms with E-state index in [0.717, 1.165) is 70.6 Å². The third kappa shape index (κ3) is 6.62. The minimum atomic E-state index is 0. The topological polar surface area (TPSA) is 46.6 Å². The number of ether oxygens (including phenoxy) is 1. The molecule has 1 N–H and O–H groups in total. The van der Waals surface area contributed by atoms with Crippen molar-refractivity contribution >= 4 is 35.6 Å². The molecule has 0 aromatic heterocycles. The highest BCUT2D eigenvalue weighted by Gasteiger charge is 2.22. The summed E-state index contributed by atoms with van der Waals surface area (Å²) in [6.45, 7) is 11.8. The van der Waals surface area contributed by atoms with Gasteiger partial charge in [-0.2, -0.15) is 0 Å². The molecule has 3 rings (SSSR count). The van der Waals surface area contributed by atoms with Crippen molar-refractivity contribution in [2.75, 3.05) is 85.0 Å². The van der Waals surface area contributed by atoms with Crippen molar-refractivity contribution in [3.63, 3.8) is 0 Å². The number of aliphatic imine (C=N–C) groups is 1. The highest BCUT2D eigenvalue weighted by Crippen LogP contribution is 2.22. The number of anilines is 1. The zero-order valence-electron chi connectivity index (χ0n) is 18.3. The lowest BCUT2D eigenvalue weighted by Crippen LogP contribution is -2.55. The van der Waals surface area contributed by atoms with Gasteiger partial charge < -0.3 is 24.8 Å². The third-order valence-corrected chi connectivity index (χ3v) is 5.93.